The average Bonchev–Trinajstić information content (AvgIpc) is 2.55. The van der Waals surface area contributed by atoms with Gasteiger partial charge in [-0.05, 0) is 55.3 Å². The quantitative estimate of drug-likeness (QED) is 0.892. The molecule has 0 unspecified atom stereocenters. The first kappa shape index (κ1) is 16.5. The van der Waals surface area contributed by atoms with Crippen LogP contribution in [-0.4, -0.2) is 18.6 Å². The monoisotopic (exact) mass is 312 g/mol. The average molecular weight is 312 g/mol. The molecule has 2 rings (SSSR count). The molecule has 4 nitrogen and oxygen atoms in total. The van der Waals surface area contributed by atoms with Gasteiger partial charge in [0.05, 0.1) is 11.6 Å². The molecule has 0 bridgehead atoms. The lowest BCUT2D eigenvalue weighted by Crippen LogP contribution is -2.37. The lowest BCUT2D eigenvalue weighted by Gasteiger charge is -2.14. The van der Waals surface area contributed by atoms with Crippen molar-refractivity contribution in [2.45, 2.75) is 19.4 Å². The molecule has 1 amide bonds. The minimum atomic E-state index is -0.657. The fourth-order valence-electron chi connectivity index (χ4n) is 2.03. The van der Waals surface area contributed by atoms with Gasteiger partial charge in [-0.1, -0.05) is 12.1 Å². The summed E-state index contributed by atoms with van der Waals surface area (Å²) in [7, 11) is 0. The van der Waals surface area contributed by atoms with Gasteiger partial charge in [-0.2, -0.15) is 5.26 Å². The van der Waals surface area contributed by atoms with Gasteiger partial charge in [0.15, 0.2) is 6.10 Å². The molecule has 0 heterocycles. The Hall–Kier alpha value is -2.87. The summed E-state index contributed by atoms with van der Waals surface area (Å²) in [4.78, 5) is 12.0. The maximum absolute atomic E-state index is 13.1. The van der Waals surface area contributed by atoms with Crippen LogP contribution in [0.5, 0.6) is 5.75 Å². The third-order valence-electron chi connectivity index (χ3n) is 3.27. The van der Waals surface area contributed by atoms with Gasteiger partial charge < -0.3 is 10.1 Å². The molecule has 23 heavy (non-hydrogen) atoms. The molecule has 0 aliphatic heterocycles. The summed E-state index contributed by atoms with van der Waals surface area (Å²) in [6, 6.07) is 14.9. The summed E-state index contributed by atoms with van der Waals surface area (Å²) in [6.45, 7) is 2.05. The summed E-state index contributed by atoms with van der Waals surface area (Å²) >= 11 is 0. The van der Waals surface area contributed by atoms with Crippen LogP contribution in [0.2, 0.25) is 0 Å². The Balaban J connectivity index is 1.79. The number of amides is 1. The van der Waals surface area contributed by atoms with E-state index in [1.807, 2.05) is 12.1 Å². The highest BCUT2D eigenvalue weighted by Gasteiger charge is 2.14. The van der Waals surface area contributed by atoms with Gasteiger partial charge in [-0.3, -0.25) is 4.79 Å². The van der Waals surface area contributed by atoms with Crippen LogP contribution in [0.4, 0.5) is 4.39 Å². The van der Waals surface area contributed by atoms with Crippen LogP contribution in [0, 0.1) is 17.1 Å². The molecule has 0 aliphatic carbocycles. The number of carbonyl (C=O) groups is 1. The molecule has 0 spiro atoms. The number of carbonyl (C=O) groups excluding carboxylic acids is 1. The predicted molar refractivity (Wildman–Crippen MR) is 84.4 cm³/mol. The van der Waals surface area contributed by atoms with Crippen LogP contribution in [-0.2, 0) is 11.2 Å². The number of hydrogen-bond acceptors (Lipinski definition) is 3. The molecule has 0 aromatic heterocycles. The SMILES string of the molecule is C[C@@H](Oc1ccc(C#N)cc1)C(=O)NCCc1cccc(F)c1. The maximum Gasteiger partial charge on any atom is 0.260 e. The molecule has 1 atom stereocenters. The molecule has 2 aromatic carbocycles. The van der Waals surface area contributed by atoms with Gasteiger partial charge in [-0.25, -0.2) is 4.39 Å². The van der Waals surface area contributed by atoms with E-state index in [4.69, 9.17) is 10.00 Å². The summed E-state index contributed by atoms with van der Waals surface area (Å²) in [6.07, 6.45) is -0.108. The van der Waals surface area contributed by atoms with Crippen molar-refractivity contribution in [3.63, 3.8) is 0 Å². The van der Waals surface area contributed by atoms with Crippen molar-refractivity contribution in [3.8, 4) is 11.8 Å². The Morgan fingerprint density at radius 1 is 1.30 bits per heavy atom. The van der Waals surface area contributed by atoms with Crippen molar-refractivity contribution < 1.29 is 13.9 Å². The molecule has 0 saturated heterocycles. The van der Waals surface area contributed by atoms with Gasteiger partial charge in [-0.15, -0.1) is 0 Å². The van der Waals surface area contributed by atoms with Crippen molar-refractivity contribution in [2.75, 3.05) is 6.54 Å². The minimum Gasteiger partial charge on any atom is -0.481 e. The maximum atomic E-state index is 13.1. The number of ether oxygens (including phenoxy) is 1. The molecular weight excluding hydrogens is 295 g/mol. The fourth-order valence-corrected chi connectivity index (χ4v) is 2.03. The van der Waals surface area contributed by atoms with E-state index in [2.05, 4.69) is 5.32 Å². The van der Waals surface area contributed by atoms with Crippen molar-refractivity contribution in [1.82, 2.24) is 5.32 Å². The standard InChI is InChI=1S/C18H17FN2O2/c1-13(23-17-7-5-15(12-20)6-8-17)18(22)21-10-9-14-3-2-4-16(19)11-14/h2-8,11,13H,9-10H2,1H3,(H,21,22)/t13-/m1/s1. The Labute approximate surface area is 134 Å². The van der Waals surface area contributed by atoms with Crippen LogP contribution in [0.15, 0.2) is 48.5 Å². The molecular formula is C18H17FN2O2. The third kappa shape index (κ3) is 5.11. The highest BCUT2D eigenvalue weighted by molar-refractivity contribution is 5.80. The fraction of sp³-hybridized carbons (Fsp3) is 0.222. The van der Waals surface area contributed by atoms with E-state index in [1.165, 1.54) is 12.1 Å². The number of rotatable bonds is 6. The molecule has 1 N–H and O–H groups in total. The second-order valence-corrected chi connectivity index (χ2v) is 5.07. The van der Waals surface area contributed by atoms with Crippen LogP contribution in [0.1, 0.15) is 18.1 Å². The smallest absolute Gasteiger partial charge is 0.260 e. The van der Waals surface area contributed by atoms with E-state index in [9.17, 15) is 9.18 Å². The van der Waals surface area contributed by atoms with Crippen molar-refractivity contribution >= 4 is 5.91 Å². The highest BCUT2D eigenvalue weighted by atomic mass is 19.1. The van der Waals surface area contributed by atoms with Gasteiger partial charge in [0.2, 0.25) is 0 Å². The normalized spacial score (nSPS) is 11.3. The minimum absolute atomic E-state index is 0.245. The summed E-state index contributed by atoms with van der Waals surface area (Å²) in [5, 5.41) is 11.5. The van der Waals surface area contributed by atoms with E-state index >= 15 is 0 Å². The van der Waals surface area contributed by atoms with Gasteiger partial charge in [0, 0.05) is 6.54 Å². The van der Waals surface area contributed by atoms with Gasteiger partial charge in [0.25, 0.3) is 5.91 Å². The molecule has 0 radical (unpaired) electrons. The third-order valence-corrected chi connectivity index (χ3v) is 3.27. The number of benzene rings is 2. The van der Waals surface area contributed by atoms with Crippen LogP contribution in [0.25, 0.3) is 0 Å². The van der Waals surface area contributed by atoms with Crippen LogP contribution >= 0.6 is 0 Å². The van der Waals surface area contributed by atoms with E-state index in [0.29, 0.717) is 24.3 Å². The van der Waals surface area contributed by atoms with E-state index in [1.54, 1.807) is 37.3 Å². The van der Waals surface area contributed by atoms with Gasteiger partial charge >= 0.3 is 0 Å². The number of nitrogens with one attached hydrogen (secondary N) is 1. The molecule has 0 fully saturated rings. The number of hydrogen-bond donors (Lipinski definition) is 1. The lowest BCUT2D eigenvalue weighted by atomic mass is 10.1. The molecule has 2 aromatic rings. The van der Waals surface area contributed by atoms with Crippen LogP contribution < -0.4 is 10.1 Å². The largest absolute Gasteiger partial charge is 0.481 e. The Morgan fingerprint density at radius 2 is 2.04 bits per heavy atom. The number of halogens is 1. The van der Waals surface area contributed by atoms with Crippen molar-refractivity contribution in [1.29, 1.82) is 5.26 Å². The number of nitrogens with zero attached hydrogens (tertiary/aromatic N) is 1. The highest BCUT2D eigenvalue weighted by Crippen LogP contribution is 2.13. The van der Waals surface area contributed by atoms with Crippen LogP contribution in [0.3, 0.4) is 0 Å². The van der Waals surface area contributed by atoms with E-state index in [-0.39, 0.29) is 11.7 Å². The summed E-state index contributed by atoms with van der Waals surface area (Å²) in [5.41, 5.74) is 1.36. The van der Waals surface area contributed by atoms with Gasteiger partial charge in [0.1, 0.15) is 11.6 Å². The lowest BCUT2D eigenvalue weighted by molar-refractivity contribution is -0.127. The Morgan fingerprint density at radius 3 is 2.70 bits per heavy atom. The van der Waals surface area contributed by atoms with Crippen molar-refractivity contribution in [3.05, 3.63) is 65.5 Å². The topological polar surface area (TPSA) is 62.1 Å². The second kappa shape index (κ2) is 7.95. The van der Waals surface area contributed by atoms with Crippen molar-refractivity contribution in [2.24, 2.45) is 0 Å². The predicted octanol–water partition coefficient (Wildman–Crippen LogP) is 2.82. The summed E-state index contributed by atoms with van der Waals surface area (Å²) < 4.78 is 18.6. The molecule has 0 aliphatic rings. The zero-order valence-electron chi connectivity index (χ0n) is 12.8. The first-order valence-corrected chi connectivity index (χ1v) is 7.27. The molecule has 0 saturated carbocycles. The van der Waals surface area contributed by atoms with E-state index in [0.717, 1.165) is 5.56 Å². The molecule has 5 heteroatoms. The summed E-state index contributed by atoms with van der Waals surface area (Å²) in [5.74, 6) is -0.00566. The first-order valence-electron chi connectivity index (χ1n) is 7.27. The molecule has 118 valence electrons. The Bertz CT molecular complexity index is 708. The Kier molecular flexibility index (Phi) is 5.70. The second-order valence-electron chi connectivity index (χ2n) is 5.07. The number of nitriles is 1. The zero-order valence-corrected chi connectivity index (χ0v) is 12.8. The zero-order chi connectivity index (χ0) is 16.7. The first-order chi connectivity index (χ1) is 11.1. The van der Waals surface area contributed by atoms with E-state index < -0.39 is 6.10 Å².